The van der Waals surface area contributed by atoms with Crippen LogP contribution < -0.4 is 10.5 Å². The number of hydrogen-bond acceptors (Lipinski definition) is 6. The van der Waals surface area contributed by atoms with E-state index >= 15 is 0 Å². The van der Waals surface area contributed by atoms with Gasteiger partial charge >= 0.3 is 5.97 Å². The number of aromatic amines is 1. The molecule has 20 heavy (non-hydrogen) atoms. The summed E-state index contributed by atoms with van der Waals surface area (Å²) in [5.74, 6) is 0.413. The largest absolute Gasteiger partial charge is 0.367 e. The third-order valence-corrected chi connectivity index (χ3v) is 3.05. The van der Waals surface area contributed by atoms with Crippen LogP contribution >= 0.6 is 0 Å². The molecule has 0 aliphatic carbocycles. The number of hydrogen-bond donors (Lipinski definition) is 1. The number of hydroxylamine groups is 2. The van der Waals surface area contributed by atoms with Crippen LogP contribution in [0.2, 0.25) is 0 Å². The zero-order valence-corrected chi connectivity index (χ0v) is 12.0. The molecule has 110 valence electrons. The van der Waals surface area contributed by atoms with Crippen molar-refractivity contribution in [1.82, 2.24) is 15.0 Å². The quantitative estimate of drug-likeness (QED) is 0.844. The van der Waals surface area contributed by atoms with Crippen molar-refractivity contribution in [1.29, 1.82) is 0 Å². The molecule has 0 aromatic carbocycles. The van der Waals surface area contributed by atoms with Crippen LogP contribution in [0.1, 0.15) is 20.8 Å². The van der Waals surface area contributed by atoms with E-state index in [2.05, 4.69) is 9.97 Å². The summed E-state index contributed by atoms with van der Waals surface area (Å²) in [6, 6.07) is 1.47. The molecule has 7 heteroatoms. The molecule has 1 aliphatic rings. The Bertz CT molecular complexity index is 527. The summed E-state index contributed by atoms with van der Waals surface area (Å²) in [5, 5.41) is 1.66. The summed E-state index contributed by atoms with van der Waals surface area (Å²) in [6.45, 7) is 7.98. The number of nitrogens with zero attached hydrogens (tertiary/aromatic N) is 3. The van der Waals surface area contributed by atoms with Crippen LogP contribution in [0.5, 0.6) is 0 Å². The summed E-state index contributed by atoms with van der Waals surface area (Å²) in [4.78, 5) is 37.0. The first-order valence-electron chi connectivity index (χ1n) is 6.63. The lowest BCUT2D eigenvalue weighted by Crippen LogP contribution is -2.48. The number of piperazine rings is 1. The zero-order chi connectivity index (χ0) is 14.8. The lowest BCUT2D eigenvalue weighted by molar-refractivity contribution is -0.201. The summed E-state index contributed by atoms with van der Waals surface area (Å²) >= 11 is 0. The van der Waals surface area contributed by atoms with Crippen LogP contribution in [0.25, 0.3) is 0 Å². The number of rotatable bonds is 2. The normalized spacial score (nSPS) is 17.1. The Morgan fingerprint density at radius 2 is 1.95 bits per heavy atom. The van der Waals surface area contributed by atoms with E-state index in [1.807, 2.05) is 25.7 Å². The molecule has 1 fully saturated rings. The summed E-state index contributed by atoms with van der Waals surface area (Å²) in [7, 11) is 0. The molecule has 0 atom stereocenters. The molecule has 0 unspecified atom stereocenters. The van der Waals surface area contributed by atoms with Gasteiger partial charge in [0.15, 0.2) is 0 Å². The molecule has 0 spiro atoms. The van der Waals surface area contributed by atoms with Gasteiger partial charge in [0.1, 0.15) is 5.82 Å². The van der Waals surface area contributed by atoms with Gasteiger partial charge in [-0.3, -0.25) is 4.79 Å². The van der Waals surface area contributed by atoms with E-state index in [9.17, 15) is 9.59 Å². The molecule has 0 bridgehead atoms. The van der Waals surface area contributed by atoms with Gasteiger partial charge in [0.2, 0.25) is 0 Å². The number of nitrogens with one attached hydrogen (secondary N) is 1. The highest BCUT2D eigenvalue weighted by Crippen LogP contribution is 2.17. The first-order chi connectivity index (χ1) is 9.36. The molecule has 1 aliphatic heterocycles. The van der Waals surface area contributed by atoms with Gasteiger partial charge in [0.25, 0.3) is 5.56 Å². The predicted molar refractivity (Wildman–Crippen MR) is 74.2 cm³/mol. The van der Waals surface area contributed by atoms with Gasteiger partial charge in [-0.15, -0.1) is 5.06 Å². The van der Waals surface area contributed by atoms with E-state index in [4.69, 9.17) is 4.84 Å². The topological polar surface area (TPSA) is 78.5 Å². The van der Waals surface area contributed by atoms with Crippen LogP contribution in [0.4, 0.5) is 5.82 Å². The van der Waals surface area contributed by atoms with Crippen molar-refractivity contribution in [3.05, 3.63) is 22.7 Å². The lowest BCUT2D eigenvalue weighted by Gasteiger charge is -2.34. The minimum atomic E-state index is -0.509. The van der Waals surface area contributed by atoms with Crippen molar-refractivity contribution in [2.45, 2.75) is 20.8 Å². The third-order valence-electron chi connectivity index (χ3n) is 3.05. The van der Waals surface area contributed by atoms with E-state index < -0.39 is 5.41 Å². The summed E-state index contributed by atoms with van der Waals surface area (Å²) in [6.07, 6.45) is 1.39. The molecule has 1 aromatic heterocycles. The second kappa shape index (κ2) is 5.62. The Kier molecular flexibility index (Phi) is 4.08. The number of carbonyl (C=O) groups is 1. The van der Waals surface area contributed by atoms with Crippen molar-refractivity contribution >= 4 is 11.8 Å². The lowest BCUT2D eigenvalue weighted by atomic mass is 9.98. The van der Waals surface area contributed by atoms with Gasteiger partial charge in [-0.25, -0.2) is 9.78 Å². The van der Waals surface area contributed by atoms with Crippen LogP contribution in [0.15, 0.2) is 17.2 Å². The van der Waals surface area contributed by atoms with Crippen molar-refractivity contribution in [3.63, 3.8) is 0 Å². The monoisotopic (exact) mass is 280 g/mol. The first-order valence-corrected chi connectivity index (χ1v) is 6.63. The Labute approximate surface area is 117 Å². The van der Waals surface area contributed by atoms with Gasteiger partial charge in [-0.1, -0.05) is 0 Å². The number of carbonyl (C=O) groups excluding carboxylic acids is 1. The van der Waals surface area contributed by atoms with Gasteiger partial charge in [0.05, 0.1) is 24.8 Å². The Morgan fingerprint density at radius 1 is 1.30 bits per heavy atom. The highest BCUT2D eigenvalue weighted by atomic mass is 16.7. The Hall–Kier alpha value is -1.89. The predicted octanol–water partition coefficient (Wildman–Crippen LogP) is 0.396. The number of H-pyrrole nitrogens is 1. The van der Waals surface area contributed by atoms with Crippen molar-refractivity contribution < 1.29 is 9.63 Å². The van der Waals surface area contributed by atoms with Crippen molar-refractivity contribution in [2.24, 2.45) is 5.41 Å². The first kappa shape index (κ1) is 14.5. The average Bonchev–Trinajstić information content (AvgIpc) is 2.38. The van der Waals surface area contributed by atoms with Crippen LogP contribution in [-0.4, -0.2) is 47.2 Å². The van der Waals surface area contributed by atoms with E-state index in [0.717, 1.165) is 0 Å². The minimum Gasteiger partial charge on any atom is -0.367 e. The SMILES string of the molecule is CC(C)(C)C(=O)ON1CCN(c2cc(=O)[nH]cn2)CC1. The highest BCUT2D eigenvalue weighted by Gasteiger charge is 2.28. The molecule has 2 rings (SSSR count). The third kappa shape index (κ3) is 3.57. The van der Waals surface area contributed by atoms with Crippen molar-refractivity contribution in [3.8, 4) is 0 Å². The van der Waals surface area contributed by atoms with Gasteiger partial charge in [0, 0.05) is 19.2 Å². The van der Waals surface area contributed by atoms with Gasteiger partial charge < -0.3 is 14.7 Å². The van der Waals surface area contributed by atoms with Crippen LogP contribution in [0.3, 0.4) is 0 Å². The second-order valence-electron chi connectivity index (χ2n) is 5.81. The fraction of sp³-hybridized carbons (Fsp3) is 0.615. The average molecular weight is 280 g/mol. The van der Waals surface area contributed by atoms with E-state index in [1.54, 1.807) is 5.06 Å². The molecule has 0 radical (unpaired) electrons. The molecule has 1 aromatic rings. The summed E-state index contributed by atoms with van der Waals surface area (Å²) in [5.41, 5.74) is -0.678. The molecule has 7 nitrogen and oxygen atoms in total. The summed E-state index contributed by atoms with van der Waals surface area (Å²) < 4.78 is 0. The minimum absolute atomic E-state index is 0.170. The van der Waals surface area contributed by atoms with Crippen molar-refractivity contribution in [2.75, 3.05) is 31.1 Å². The fourth-order valence-corrected chi connectivity index (χ4v) is 1.79. The molecular weight excluding hydrogens is 260 g/mol. The maximum atomic E-state index is 11.8. The zero-order valence-electron chi connectivity index (χ0n) is 12.0. The number of aromatic nitrogens is 2. The fourth-order valence-electron chi connectivity index (χ4n) is 1.79. The maximum absolute atomic E-state index is 11.8. The molecule has 1 saturated heterocycles. The second-order valence-corrected chi connectivity index (χ2v) is 5.81. The van der Waals surface area contributed by atoms with Crippen LogP contribution in [-0.2, 0) is 9.63 Å². The standard InChI is InChI=1S/C13H20N4O3/c1-13(2,3)12(19)20-17-6-4-16(5-7-17)10-8-11(18)15-9-14-10/h8-9H,4-7H2,1-3H3,(H,14,15,18). The molecule has 2 heterocycles. The molecule has 0 amide bonds. The van der Waals surface area contributed by atoms with Gasteiger partial charge in [-0.2, -0.15) is 0 Å². The Balaban J connectivity index is 1.90. The van der Waals surface area contributed by atoms with Crippen LogP contribution in [0, 0.1) is 5.41 Å². The molecule has 0 saturated carbocycles. The molecular formula is C13H20N4O3. The van der Waals surface area contributed by atoms with Gasteiger partial charge in [-0.05, 0) is 20.8 Å². The number of anilines is 1. The van der Waals surface area contributed by atoms with E-state index in [-0.39, 0.29) is 11.5 Å². The Morgan fingerprint density at radius 3 is 2.50 bits per heavy atom. The maximum Gasteiger partial charge on any atom is 0.330 e. The highest BCUT2D eigenvalue weighted by molar-refractivity contribution is 5.75. The van der Waals surface area contributed by atoms with E-state index in [1.165, 1.54) is 12.4 Å². The smallest absolute Gasteiger partial charge is 0.330 e. The molecule has 1 N–H and O–H groups in total. The van der Waals surface area contributed by atoms with E-state index in [0.29, 0.717) is 32.0 Å².